The molecule has 102 valence electrons. The zero-order valence-corrected chi connectivity index (χ0v) is 11.9. The summed E-state index contributed by atoms with van der Waals surface area (Å²) in [5.74, 6) is 0.754. The van der Waals surface area contributed by atoms with Gasteiger partial charge in [-0.05, 0) is 31.0 Å². The largest absolute Gasteiger partial charge is 0.385 e. The van der Waals surface area contributed by atoms with Crippen LogP contribution in [-0.4, -0.2) is 19.1 Å². The Hall–Kier alpha value is -1.22. The number of nitrogens with one attached hydrogen (secondary N) is 2. The smallest absolute Gasteiger partial charge is 0.0363 e. The molecule has 1 aromatic carbocycles. The van der Waals surface area contributed by atoms with Crippen molar-refractivity contribution in [2.45, 2.75) is 39.7 Å². The molecule has 0 saturated carbocycles. The fourth-order valence-corrected chi connectivity index (χ4v) is 1.90. The molecule has 3 heteroatoms. The van der Waals surface area contributed by atoms with Crippen molar-refractivity contribution in [2.75, 3.05) is 23.7 Å². The molecule has 18 heavy (non-hydrogen) atoms. The molecule has 0 radical (unpaired) electrons. The van der Waals surface area contributed by atoms with E-state index in [0.29, 0.717) is 12.6 Å². The summed E-state index contributed by atoms with van der Waals surface area (Å²) in [5.41, 5.74) is 7.92. The Bertz CT molecular complexity index is 334. The Morgan fingerprint density at radius 1 is 1.17 bits per heavy atom. The van der Waals surface area contributed by atoms with Crippen LogP contribution in [0.4, 0.5) is 11.4 Å². The van der Waals surface area contributed by atoms with Crippen molar-refractivity contribution in [1.82, 2.24) is 0 Å². The number of benzene rings is 1. The summed E-state index contributed by atoms with van der Waals surface area (Å²) in [4.78, 5) is 0. The molecule has 0 aliphatic heterocycles. The van der Waals surface area contributed by atoms with Crippen molar-refractivity contribution >= 4 is 11.4 Å². The highest BCUT2D eigenvalue weighted by Crippen LogP contribution is 2.17. The van der Waals surface area contributed by atoms with Crippen molar-refractivity contribution in [3.63, 3.8) is 0 Å². The predicted octanol–water partition coefficient (Wildman–Crippen LogP) is 3.29. The summed E-state index contributed by atoms with van der Waals surface area (Å²) in [6.07, 6.45) is 2.46. The van der Waals surface area contributed by atoms with Gasteiger partial charge in [0.1, 0.15) is 0 Å². The van der Waals surface area contributed by atoms with Gasteiger partial charge >= 0.3 is 0 Å². The summed E-state index contributed by atoms with van der Waals surface area (Å²) in [6.45, 7) is 8.27. The van der Waals surface area contributed by atoms with Gasteiger partial charge in [-0.15, -0.1) is 0 Å². The predicted molar refractivity (Wildman–Crippen MR) is 81.1 cm³/mol. The Labute approximate surface area is 111 Å². The third-order valence-corrected chi connectivity index (χ3v) is 3.38. The van der Waals surface area contributed by atoms with Gasteiger partial charge in [-0.2, -0.15) is 0 Å². The first-order chi connectivity index (χ1) is 8.69. The fourth-order valence-electron chi connectivity index (χ4n) is 1.90. The third kappa shape index (κ3) is 4.96. The van der Waals surface area contributed by atoms with Gasteiger partial charge in [0.15, 0.2) is 0 Å². The summed E-state index contributed by atoms with van der Waals surface area (Å²) in [5, 5.41) is 6.89. The topological polar surface area (TPSA) is 50.1 Å². The molecule has 1 atom stereocenters. The Balaban J connectivity index is 2.53. The molecule has 0 aliphatic rings. The normalized spacial score (nSPS) is 12.5. The molecule has 0 bridgehead atoms. The van der Waals surface area contributed by atoms with E-state index in [1.54, 1.807) is 0 Å². The van der Waals surface area contributed by atoms with Gasteiger partial charge in [-0.1, -0.05) is 32.8 Å². The maximum absolute atomic E-state index is 5.61. The summed E-state index contributed by atoms with van der Waals surface area (Å²) in [6, 6.07) is 8.71. The molecule has 0 aliphatic carbocycles. The van der Waals surface area contributed by atoms with E-state index in [0.717, 1.165) is 18.2 Å². The van der Waals surface area contributed by atoms with Crippen LogP contribution in [0.5, 0.6) is 0 Å². The number of nitrogens with two attached hydrogens (primary N) is 1. The number of anilines is 2. The number of hydrogen-bond acceptors (Lipinski definition) is 3. The number of rotatable bonds is 8. The third-order valence-electron chi connectivity index (χ3n) is 3.38. The van der Waals surface area contributed by atoms with Crippen molar-refractivity contribution in [1.29, 1.82) is 0 Å². The molecule has 1 aromatic rings. The van der Waals surface area contributed by atoms with Gasteiger partial charge in [0.2, 0.25) is 0 Å². The molecule has 4 N–H and O–H groups in total. The zero-order chi connectivity index (χ0) is 13.4. The maximum Gasteiger partial charge on any atom is 0.0363 e. The molecule has 0 heterocycles. The van der Waals surface area contributed by atoms with Crippen molar-refractivity contribution in [2.24, 2.45) is 11.7 Å². The zero-order valence-electron chi connectivity index (χ0n) is 11.9. The minimum atomic E-state index is 0.305. The van der Waals surface area contributed by atoms with Gasteiger partial charge < -0.3 is 16.4 Å². The van der Waals surface area contributed by atoms with E-state index >= 15 is 0 Å². The van der Waals surface area contributed by atoms with Gasteiger partial charge in [-0.3, -0.25) is 0 Å². The average Bonchev–Trinajstić information content (AvgIpc) is 2.40. The monoisotopic (exact) mass is 249 g/mol. The summed E-state index contributed by atoms with van der Waals surface area (Å²) in [7, 11) is 0. The molecule has 3 nitrogen and oxygen atoms in total. The van der Waals surface area contributed by atoms with E-state index in [-0.39, 0.29) is 0 Å². The first-order valence-corrected chi connectivity index (χ1v) is 7.00. The van der Waals surface area contributed by atoms with E-state index in [1.165, 1.54) is 18.5 Å². The SMILES string of the molecule is CCC(CC)CNc1cccc(N[C@@H](C)CN)c1. The van der Waals surface area contributed by atoms with Crippen molar-refractivity contribution in [3.8, 4) is 0 Å². The lowest BCUT2D eigenvalue weighted by Crippen LogP contribution is -2.25. The molecular formula is C15H27N3. The standard InChI is InChI=1S/C15H27N3/c1-4-13(5-2)11-17-14-7-6-8-15(9-14)18-12(3)10-16/h6-9,12-13,17-18H,4-5,10-11,16H2,1-3H3/t12-/m0/s1. The van der Waals surface area contributed by atoms with Crippen LogP contribution in [0.15, 0.2) is 24.3 Å². The molecular weight excluding hydrogens is 222 g/mol. The fraction of sp³-hybridized carbons (Fsp3) is 0.600. The first kappa shape index (κ1) is 14.8. The lowest BCUT2D eigenvalue weighted by Gasteiger charge is -2.16. The highest BCUT2D eigenvalue weighted by Gasteiger charge is 2.04. The van der Waals surface area contributed by atoms with Gasteiger partial charge in [0.25, 0.3) is 0 Å². The number of hydrogen-bond donors (Lipinski definition) is 3. The van der Waals surface area contributed by atoms with Crippen LogP contribution in [0.3, 0.4) is 0 Å². The Kier molecular flexibility index (Phi) is 6.58. The van der Waals surface area contributed by atoms with Crippen LogP contribution in [0, 0.1) is 5.92 Å². The Morgan fingerprint density at radius 2 is 1.83 bits per heavy atom. The van der Waals surface area contributed by atoms with E-state index in [9.17, 15) is 0 Å². The summed E-state index contributed by atoms with van der Waals surface area (Å²) >= 11 is 0. The van der Waals surface area contributed by atoms with Crippen LogP contribution in [0.25, 0.3) is 0 Å². The maximum atomic E-state index is 5.61. The minimum Gasteiger partial charge on any atom is -0.385 e. The van der Waals surface area contributed by atoms with Crippen molar-refractivity contribution in [3.05, 3.63) is 24.3 Å². The molecule has 0 spiro atoms. The highest BCUT2D eigenvalue weighted by molar-refractivity contribution is 5.57. The van der Waals surface area contributed by atoms with Gasteiger partial charge in [0.05, 0.1) is 0 Å². The molecule has 0 amide bonds. The van der Waals surface area contributed by atoms with Crippen LogP contribution in [-0.2, 0) is 0 Å². The molecule has 0 saturated heterocycles. The van der Waals surface area contributed by atoms with Crippen molar-refractivity contribution < 1.29 is 0 Å². The minimum absolute atomic E-state index is 0.305. The average molecular weight is 249 g/mol. The van der Waals surface area contributed by atoms with Crippen LogP contribution in [0.2, 0.25) is 0 Å². The van der Waals surface area contributed by atoms with Crippen LogP contribution >= 0.6 is 0 Å². The van der Waals surface area contributed by atoms with Gasteiger partial charge in [-0.25, -0.2) is 0 Å². The molecule has 1 rings (SSSR count). The molecule has 0 fully saturated rings. The highest BCUT2D eigenvalue weighted by atomic mass is 14.9. The van der Waals surface area contributed by atoms with Crippen LogP contribution in [0.1, 0.15) is 33.6 Å². The quantitative estimate of drug-likeness (QED) is 0.662. The lowest BCUT2D eigenvalue weighted by atomic mass is 10.0. The Morgan fingerprint density at radius 3 is 2.44 bits per heavy atom. The first-order valence-electron chi connectivity index (χ1n) is 7.00. The van der Waals surface area contributed by atoms with E-state index < -0.39 is 0 Å². The second-order valence-electron chi connectivity index (χ2n) is 4.93. The van der Waals surface area contributed by atoms with Gasteiger partial charge in [0, 0.05) is 30.5 Å². The lowest BCUT2D eigenvalue weighted by molar-refractivity contribution is 0.519. The summed E-state index contributed by atoms with van der Waals surface area (Å²) < 4.78 is 0. The second-order valence-corrected chi connectivity index (χ2v) is 4.93. The molecule has 0 aromatic heterocycles. The second kappa shape index (κ2) is 7.98. The van der Waals surface area contributed by atoms with E-state index in [2.05, 4.69) is 55.7 Å². The molecule has 0 unspecified atom stereocenters. The van der Waals surface area contributed by atoms with Crippen LogP contribution < -0.4 is 16.4 Å². The van der Waals surface area contributed by atoms with E-state index in [1.807, 2.05) is 0 Å². The van der Waals surface area contributed by atoms with E-state index in [4.69, 9.17) is 5.73 Å².